The van der Waals surface area contributed by atoms with Gasteiger partial charge in [0.1, 0.15) is 15.8 Å². The van der Waals surface area contributed by atoms with Crippen molar-refractivity contribution in [2.24, 2.45) is 9.69 Å². The van der Waals surface area contributed by atoms with E-state index in [0.717, 1.165) is 5.56 Å². The molecular weight excluding hydrogens is 358 g/mol. The Morgan fingerprint density at radius 1 is 0.920 bits per heavy atom. The summed E-state index contributed by atoms with van der Waals surface area (Å²) >= 11 is 0. The van der Waals surface area contributed by atoms with Gasteiger partial charge in [-0.2, -0.15) is 8.42 Å². The summed E-state index contributed by atoms with van der Waals surface area (Å²) in [6, 6.07) is 14.8. The molecule has 1 unspecified atom stereocenters. The van der Waals surface area contributed by atoms with E-state index in [0.29, 0.717) is 4.90 Å². The number of hydrogen-bond donors (Lipinski definition) is 0. The first kappa shape index (κ1) is 18.1. The zero-order chi connectivity index (χ0) is 18.2. The predicted octanol–water partition coefficient (Wildman–Crippen LogP) is 3.59. The first-order valence-corrected chi connectivity index (χ1v) is 11.1. The van der Waals surface area contributed by atoms with Crippen LogP contribution in [-0.4, -0.2) is 24.2 Å². The van der Waals surface area contributed by atoms with E-state index in [4.69, 9.17) is 4.74 Å². The lowest BCUT2D eigenvalue weighted by Gasteiger charge is -2.09. The molecule has 0 saturated carbocycles. The quantitative estimate of drug-likeness (QED) is 0.744. The Morgan fingerprint density at radius 2 is 1.52 bits per heavy atom. The monoisotopic (exact) mass is 379 g/mol. The summed E-state index contributed by atoms with van der Waals surface area (Å²) in [7, 11) is -7.34. The molecular formula is C18H21NO4S2. The molecule has 25 heavy (non-hydrogen) atoms. The van der Waals surface area contributed by atoms with E-state index >= 15 is 0 Å². The maximum absolute atomic E-state index is 13.6. The number of benzene rings is 2. The molecule has 1 heterocycles. The van der Waals surface area contributed by atoms with Gasteiger partial charge in [0.25, 0.3) is 10.0 Å². The molecule has 1 aliphatic heterocycles. The highest BCUT2D eigenvalue weighted by atomic mass is 32.3. The average Bonchev–Trinajstić information content (AvgIpc) is 3.37. The number of nitrogens with zero attached hydrogens (tertiary/aromatic N) is 1. The van der Waals surface area contributed by atoms with Crippen LogP contribution < -0.4 is 0 Å². The minimum absolute atomic E-state index is 0.0310. The van der Waals surface area contributed by atoms with Crippen molar-refractivity contribution < 1.29 is 17.4 Å². The van der Waals surface area contributed by atoms with Crippen molar-refractivity contribution in [2.45, 2.75) is 42.1 Å². The number of ether oxygens (including phenoxy) is 1. The fourth-order valence-electron chi connectivity index (χ4n) is 2.57. The highest BCUT2D eigenvalue weighted by Crippen LogP contribution is 2.39. The minimum Gasteiger partial charge on any atom is -0.354 e. The zero-order valence-electron chi connectivity index (χ0n) is 14.3. The smallest absolute Gasteiger partial charge is 0.290 e. The third-order valence-electron chi connectivity index (χ3n) is 4.06. The van der Waals surface area contributed by atoms with Crippen molar-refractivity contribution in [3.8, 4) is 0 Å². The van der Waals surface area contributed by atoms with Crippen LogP contribution in [0, 0.1) is 12.8 Å². The number of aryl methyl sites for hydroxylation is 1. The van der Waals surface area contributed by atoms with Gasteiger partial charge < -0.3 is 4.74 Å². The number of rotatable bonds is 5. The number of sulfonamides is 1. The van der Waals surface area contributed by atoms with Crippen LogP contribution in [0.15, 0.2) is 68.2 Å². The molecule has 0 N–H and O–H groups in total. The lowest BCUT2D eigenvalue weighted by molar-refractivity contribution is 0.350. The topological polar surface area (TPSA) is 76.1 Å². The second-order valence-electron chi connectivity index (χ2n) is 6.46. The first-order valence-electron chi connectivity index (χ1n) is 8.03. The van der Waals surface area contributed by atoms with Crippen molar-refractivity contribution in [1.29, 1.82) is 0 Å². The van der Waals surface area contributed by atoms with Gasteiger partial charge in [0.2, 0.25) is 0 Å². The molecule has 134 valence electrons. The third kappa shape index (κ3) is 3.63. The highest BCUT2D eigenvalue weighted by molar-refractivity contribution is 8.03. The van der Waals surface area contributed by atoms with Crippen molar-refractivity contribution in [3.05, 3.63) is 60.2 Å². The zero-order valence-corrected chi connectivity index (χ0v) is 16.0. The number of hydrogen-bond acceptors (Lipinski definition) is 4. The maximum atomic E-state index is 13.6. The summed E-state index contributed by atoms with van der Waals surface area (Å²) in [5.41, 5.74) is 0.225. The molecule has 3 atom stereocenters. The molecule has 7 heteroatoms. The molecule has 1 aliphatic rings. The number of epoxide rings is 1. The van der Waals surface area contributed by atoms with Crippen molar-refractivity contribution in [3.63, 3.8) is 0 Å². The van der Waals surface area contributed by atoms with Crippen molar-refractivity contribution in [2.75, 3.05) is 0 Å². The molecule has 0 radical (unpaired) electrons. The molecule has 0 spiro atoms. The van der Waals surface area contributed by atoms with E-state index in [1.165, 1.54) is 12.1 Å². The Morgan fingerprint density at radius 3 is 2.04 bits per heavy atom. The third-order valence-corrected chi connectivity index (χ3v) is 8.56. The Bertz CT molecular complexity index is 973. The van der Waals surface area contributed by atoms with Crippen LogP contribution in [0.2, 0.25) is 0 Å². The molecule has 2 aromatic rings. The largest absolute Gasteiger partial charge is 0.354 e. The van der Waals surface area contributed by atoms with Crippen LogP contribution in [0.1, 0.15) is 19.4 Å². The van der Waals surface area contributed by atoms with E-state index in [-0.39, 0.29) is 16.9 Å². The predicted molar refractivity (Wildman–Crippen MR) is 97.1 cm³/mol. The first-order chi connectivity index (χ1) is 11.7. The molecule has 5 nitrogen and oxygen atoms in total. The summed E-state index contributed by atoms with van der Waals surface area (Å²) in [5.74, 6) is 0.131. The van der Waals surface area contributed by atoms with Gasteiger partial charge in [-0.05, 0) is 37.1 Å². The van der Waals surface area contributed by atoms with Crippen molar-refractivity contribution >= 4 is 19.8 Å². The minimum atomic E-state index is -4.07. The lowest BCUT2D eigenvalue weighted by atomic mass is 10.2. The Kier molecular flexibility index (Phi) is 4.74. The summed E-state index contributed by atoms with van der Waals surface area (Å²) in [4.78, 5) is 0.405. The summed E-state index contributed by atoms with van der Waals surface area (Å²) in [5, 5.41) is 0. The van der Waals surface area contributed by atoms with Gasteiger partial charge in [0, 0.05) is 0 Å². The van der Waals surface area contributed by atoms with E-state index in [1.807, 2.05) is 20.8 Å². The molecule has 0 amide bonds. The van der Waals surface area contributed by atoms with Gasteiger partial charge in [-0.25, -0.2) is 4.21 Å². The summed E-state index contributed by atoms with van der Waals surface area (Å²) in [6.45, 7) is 5.76. The maximum Gasteiger partial charge on any atom is 0.290 e. The van der Waals surface area contributed by atoms with Crippen LogP contribution in [-0.2, 0) is 24.5 Å². The second kappa shape index (κ2) is 6.55. The second-order valence-corrected chi connectivity index (χ2v) is 10.5. The van der Waals surface area contributed by atoms with Crippen LogP contribution in [0.3, 0.4) is 0 Å². The molecule has 2 aromatic carbocycles. The van der Waals surface area contributed by atoms with Gasteiger partial charge in [-0.3, -0.25) is 0 Å². The standard InChI is InChI=1S/C18H21NO4S2/c1-13(2)17-18(23-17)24(20,15-7-5-4-6-8-15)19-25(21,22)16-11-9-14(3)10-12-16/h4-13,17-18H,1-3H3/t17-,18-,24?/m1/s1. The summed E-state index contributed by atoms with van der Waals surface area (Å²) in [6.07, 6.45) is -0.260. The molecule has 1 saturated heterocycles. The van der Waals surface area contributed by atoms with Crippen LogP contribution in [0.25, 0.3) is 0 Å². The van der Waals surface area contributed by atoms with E-state index in [9.17, 15) is 12.6 Å². The van der Waals surface area contributed by atoms with Crippen LogP contribution >= 0.6 is 0 Å². The average molecular weight is 380 g/mol. The molecule has 0 aliphatic carbocycles. The van der Waals surface area contributed by atoms with E-state index in [2.05, 4.69) is 3.77 Å². The molecule has 1 fully saturated rings. The fraction of sp³-hybridized carbons (Fsp3) is 0.333. The van der Waals surface area contributed by atoms with E-state index < -0.39 is 25.2 Å². The fourth-order valence-corrected chi connectivity index (χ4v) is 7.02. The van der Waals surface area contributed by atoms with Crippen LogP contribution in [0.4, 0.5) is 0 Å². The Hall–Kier alpha value is -1.70. The summed E-state index contributed by atoms with van der Waals surface area (Å²) < 4.78 is 48.6. The molecule has 0 bridgehead atoms. The van der Waals surface area contributed by atoms with E-state index in [1.54, 1.807) is 42.5 Å². The molecule has 0 aromatic heterocycles. The van der Waals surface area contributed by atoms with Gasteiger partial charge in [0.15, 0.2) is 5.44 Å². The van der Waals surface area contributed by atoms with Gasteiger partial charge in [-0.15, -0.1) is 0 Å². The Balaban J connectivity index is 2.14. The highest BCUT2D eigenvalue weighted by Gasteiger charge is 2.50. The lowest BCUT2D eigenvalue weighted by Crippen LogP contribution is -2.16. The van der Waals surface area contributed by atoms with Crippen molar-refractivity contribution in [1.82, 2.24) is 0 Å². The van der Waals surface area contributed by atoms with Gasteiger partial charge in [-0.1, -0.05) is 53.5 Å². The van der Waals surface area contributed by atoms with Crippen LogP contribution in [0.5, 0.6) is 0 Å². The normalized spacial score (nSPS) is 22.4. The SMILES string of the molecule is Cc1ccc(S(=O)(=O)N=S(=O)(c2ccccc2)[C@H]2O[C@@H]2C(C)C)cc1. The Labute approximate surface area is 149 Å². The van der Waals surface area contributed by atoms with Gasteiger partial charge in [0.05, 0.1) is 9.79 Å². The molecule has 3 rings (SSSR count). The van der Waals surface area contributed by atoms with Gasteiger partial charge >= 0.3 is 0 Å².